The minimum atomic E-state index is -0.343. The van der Waals surface area contributed by atoms with E-state index in [-0.39, 0.29) is 12.5 Å². The van der Waals surface area contributed by atoms with Gasteiger partial charge in [-0.05, 0) is 48.0 Å². The Morgan fingerprint density at radius 3 is 2.03 bits per heavy atom. The molecule has 0 aliphatic carbocycles. The molecule has 0 unspecified atom stereocenters. The van der Waals surface area contributed by atoms with Crippen molar-refractivity contribution in [2.24, 2.45) is 0 Å². The van der Waals surface area contributed by atoms with Crippen LogP contribution in [0.15, 0.2) is 91.0 Å². The molecule has 8 heteroatoms. The molecule has 0 atom stereocenters. The Bertz CT molecular complexity index is 1380. The van der Waals surface area contributed by atoms with E-state index in [1.165, 1.54) is 0 Å². The van der Waals surface area contributed by atoms with Crippen LogP contribution in [0.3, 0.4) is 0 Å². The Morgan fingerprint density at radius 2 is 1.44 bits per heavy atom. The number of ether oxygens (including phenoxy) is 2. The summed E-state index contributed by atoms with van der Waals surface area (Å²) in [5.41, 5.74) is 3.82. The number of anilines is 1. The number of aliphatic hydroxyl groups is 1. The Labute approximate surface area is 229 Å². The molecule has 6 nitrogen and oxygen atoms in total. The fourth-order valence-electron chi connectivity index (χ4n) is 4.46. The summed E-state index contributed by atoms with van der Waals surface area (Å²) in [5, 5.41) is 16.2. The van der Waals surface area contributed by atoms with Crippen LogP contribution in [0.4, 0.5) is 10.1 Å². The second-order valence-corrected chi connectivity index (χ2v) is 9.11. The standard InChI is InChI=1S/C30H27BFN3O2.CH4O/c32-28-19-25(35-17-15-31(22-33)16-18-35)11-12-26(28)27-13-14-29(36-20-23-7-3-1-4-8-23)34-30(27)37-21-24-9-5-2-6-10-24;1-2/h1-14,19H,15-18,20-21H2;2H,1H3. The molecule has 39 heavy (non-hydrogen) atoms. The molecule has 1 aliphatic heterocycles. The highest BCUT2D eigenvalue weighted by molar-refractivity contribution is 6.67. The van der Waals surface area contributed by atoms with E-state index in [0.29, 0.717) is 36.1 Å². The minimum absolute atomic E-state index is 0.0818. The fourth-order valence-corrected chi connectivity index (χ4v) is 4.46. The smallest absolute Gasteiger partial charge is 0.271 e. The first-order chi connectivity index (χ1) is 19.2. The van der Waals surface area contributed by atoms with Crippen molar-refractivity contribution in [3.63, 3.8) is 0 Å². The molecule has 1 saturated heterocycles. The van der Waals surface area contributed by atoms with Crippen LogP contribution in [-0.2, 0) is 13.2 Å². The Morgan fingerprint density at radius 1 is 0.846 bits per heavy atom. The molecule has 1 N–H and O–H groups in total. The molecule has 5 rings (SSSR count). The molecule has 0 bridgehead atoms. The molecule has 1 aromatic heterocycles. The number of benzene rings is 3. The van der Waals surface area contributed by atoms with Crippen molar-refractivity contribution in [3.05, 3.63) is 108 Å². The molecule has 0 radical (unpaired) electrons. The second kappa shape index (κ2) is 14.0. The van der Waals surface area contributed by atoms with Gasteiger partial charge in [-0.3, -0.25) is 0 Å². The van der Waals surface area contributed by atoms with Gasteiger partial charge in [0.25, 0.3) is 6.71 Å². The van der Waals surface area contributed by atoms with E-state index in [1.807, 2.05) is 66.7 Å². The summed E-state index contributed by atoms with van der Waals surface area (Å²) in [4.78, 5) is 6.73. The third-order valence-electron chi connectivity index (χ3n) is 6.57. The SMILES string of the molecule is CO.N#CB1CCN(c2ccc(-c3ccc(OCc4ccccc4)nc3OCc3ccccc3)c(F)c2)CC1. The van der Waals surface area contributed by atoms with Gasteiger partial charge in [0, 0.05) is 49.0 Å². The molecule has 0 saturated carbocycles. The topological polar surface area (TPSA) is 78.6 Å². The second-order valence-electron chi connectivity index (χ2n) is 9.11. The van der Waals surface area contributed by atoms with Gasteiger partial charge in [0.15, 0.2) is 0 Å². The number of rotatable bonds is 8. The first-order valence-electron chi connectivity index (χ1n) is 12.9. The highest BCUT2D eigenvalue weighted by Crippen LogP contribution is 2.35. The van der Waals surface area contributed by atoms with E-state index in [0.717, 1.165) is 49.7 Å². The van der Waals surface area contributed by atoms with E-state index >= 15 is 4.39 Å². The summed E-state index contributed by atoms with van der Waals surface area (Å²) in [6, 6.07) is 28.4. The van der Waals surface area contributed by atoms with Crippen molar-refractivity contribution in [2.45, 2.75) is 25.9 Å². The molecular formula is C31H31BFN3O3. The van der Waals surface area contributed by atoms with Crippen molar-refractivity contribution in [1.29, 1.82) is 5.26 Å². The van der Waals surface area contributed by atoms with E-state index in [1.54, 1.807) is 24.3 Å². The van der Waals surface area contributed by atoms with E-state index in [2.05, 4.69) is 15.9 Å². The van der Waals surface area contributed by atoms with Crippen molar-refractivity contribution in [3.8, 4) is 28.9 Å². The maximum Gasteiger partial charge on any atom is 0.271 e. The average molecular weight is 523 g/mol. The van der Waals surface area contributed by atoms with Gasteiger partial charge in [-0.25, -0.2) is 9.65 Å². The molecule has 0 amide bonds. The molecule has 3 aromatic carbocycles. The lowest BCUT2D eigenvalue weighted by atomic mass is 9.45. The lowest BCUT2D eigenvalue weighted by Gasteiger charge is -2.30. The Balaban J connectivity index is 0.00000172. The van der Waals surface area contributed by atoms with Gasteiger partial charge in [-0.1, -0.05) is 60.7 Å². The largest absolute Gasteiger partial charge is 0.473 e. The summed E-state index contributed by atoms with van der Waals surface area (Å²) in [7, 11) is 1.00. The van der Waals surface area contributed by atoms with Gasteiger partial charge in [0.05, 0.1) is 0 Å². The zero-order chi connectivity index (χ0) is 27.5. The number of pyridine rings is 1. The summed E-state index contributed by atoms with van der Waals surface area (Å²) < 4.78 is 27.5. The summed E-state index contributed by atoms with van der Waals surface area (Å²) in [6.45, 7) is 2.25. The van der Waals surface area contributed by atoms with Gasteiger partial charge in [0.1, 0.15) is 19.0 Å². The number of nitriles is 1. The van der Waals surface area contributed by atoms with Gasteiger partial charge in [0.2, 0.25) is 11.8 Å². The zero-order valence-corrected chi connectivity index (χ0v) is 22.0. The van der Waals surface area contributed by atoms with E-state index in [4.69, 9.17) is 19.8 Å². The molecule has 2 heterocycles. The molecule has 1 fully saturated rings. The van der Waals surface area contributed by atoms with Gasteiger partial charge in [-0.15, -0.1) is 0 Å². The predicted octanol–water partition coefficient (Wildman–Crippen LogP) is 6.03. The van der Waals surface area contributed by atoms with E-state index in [9.17, 15) is 0 Å². The number of hydrogen-bond acceptors (Lipinski definition) is 6. The maximum absolute atomic E-state index is 15.5. The summed E-state index contributed by atoms with van der Waals surface area (Å²) in [5.74, 6) is 2.72. The molecule has 4 aromatic rings. The lowest BCUT2D eigenvalue weighted by Crippen LogP contribution is -2.36. The molecule has 0 spiro atoms. The lowest BCUT2D eigenvalue weighted by molar-refractivity contribution is 0.268. The monoisotopic (exact) mass is 523 g/mol. The van der Waals surface area contributed by atoms with Crippen LogP contribution >= 0.6 is 0 Å². The number of hydrogen-bond donors (Lipinski definition) is 1. The summed E-state index contributed by atoms with van der Waals surface area (Å²) >= 11 is 0. The van der Waals surface area contributed by atoms with Crippen LogP contribution in [0.2, 0.25) is 12.6 Å². The quantitative estimate of drug-likeness (QED) is 0.284. The molecule has 1 aliphatic rings. The normalized spacial score (nSPS) is 12.7. The van der Waals surface area contributed by atoms with Crippen LogP contribution in [0, 0.1) is 17.0 Å². The molecule has 198 valence electrons. The van der Waals surface area contributed by atoms with Crippen molar-refractivity contribution in [2.75, 3.05) is 25.1 Å². The highest BCUT2D eigenvalue weighted by Gasteiger charge is 2.23. The van der Waals surface area contributed by atoms with Gasteiger partial charge < -0.3 is 19.5 Å². The Hall–Kier alpha value is -4.35. The highest BCUT2D eigenvalue weighted by atomic mass is 19.1. The Kier molecular flexibility index (Phi) is 9.93. The van der Waals surface area contributed by atoms with Gasteiger partial charge >= 0.3 is 0 Å². The first-order valence-corrected chi connectivity index (χ1v) is 12.9. The van der Waals surface area contributed by atoms with Crippen molar-refractivity contribution >= 4 is 12.4 Å². The van der Waals surface area contributed by atoms with Crippen molar-refractivity contribution < 1.29 is 19.0 Å². The fraction of sp³-hybridized carbons (Fsp3) is 0.226. The number of aliphatic hydroxyl groups excluding tert-OH is 1. The number of nitrogens with zero attached hydrogens (tertiary/aromatic N) is 3. The first kappa shape index (κ1) is 27.7. The van der Waals surface area contributed by atoms with E-state index < -0.39 is 0 Å². The van der Waals surface area contributed by atoms with Gasteiger partial charge in [-0.2, -0.15) is 4.98 Å². The average Bonchev–Trinajstić information content (AvgIpc) is 3.01. The maximum atomic E-state index is 15.5. The number of aromatic nitrogens is 1. The van der Waals surface area contributed by atoms with Crippen LogP contribution < -0.4 is 14.4 Å². The predicted molar refractivity (Wildman–Crippen MR) is 153 cm³/mol. The minimum Gasteiger partial charge on any atom is -0.473 e. The third-order valence-corrected chi connectivity index (χ3v) is 6.57. The molecular weight excluding hydrogens is 492 g/mol. The van der Waals surface area contributed by atoms with Crippen LogP contribution in [0.1, 0.15) is 11.1 Å². The summed E-state index contributed by atoms with van der Waals surface area (Å²) in [6.07, 6.45) is 1.59. The zero-order valence-electron chi connectivity index (χ0n) is 22.0. The van der Waals surface area contributed by atoms with Crippen molar-refractivity contribution in [1.82, 2.24) is 4.98 Å². The van der Waals surface area contributed by atoms with Crippen LogP contribution in [-0.4, -0.2) is 37.0 Å². The van der Waals surface area contributed by atoms with Crippen LogP contribution in [0.25, 0.3) is 11.1 Å². The number of halogens is 1. The van der Waals surface area contributed by atoms with Crippen LogP contribution in [0.5, 0.6) is 11.8 Å². The third kappa shape index (κ3) is 7.37.